The van der Waals surface area contributed by atoms with Gasteiger partial charge in [0, 0.05) is 6.54 Å². The van der Waals surface area contributed by atoms with Gasteiger partial charge in [-0.2, -0.15) is 0 Å². The van der Waals surface area contributed by atoms with Crippen molar-refractivity contribution in [2.24, 2.45) is 11.1 Å². The highest BCUT2D eigenvalue weighted by molar-refractivity contribution is 5.14. The first kappa shape index (κ1) is 13.2. The Kier molecular flexibility index (Phi) is 4.97. The Morgan fingerprint density at radius 2 is 1.81 bits per heavy atom. The molecular weight excluding hydrogens is 198 g/mol. The van der Waals surface area contributed by atoms with Crippen molar-refractivity contribution in [2.45, 2.75) is 33.3 Å². The molecular formula is C14H23NO. The first-order valence-electron chi connectivity index (χ1n) is 5.89. The van der Waals surface area contributed by atoms with Gasteiger partial charge >= 0.3 is 0 Å². The molecule has 0 aliphatic carbocycles. The van der Waals surface area contributed by atoms with Gasteiger partial charge in [-0.25, -0.2) is 0 Å². The zero-order chi connectivity index (χ0) is 12.0. The molecule has 1 aromatic rings. The molecule has 0 heterocycles. The Morgan fingerprint density at radius 3 is 2.31 bits per heavy atom. The van der Waals surface area contributed by atoms with Crippen LogP contribution in [0.25, 0.3) is 0 Å². The molecule has 1 atom stereocenters. The molecule has 1 unspecified atom stereocenters. The van der Waals surface area contributed by atoms with Crippen LogP contribution in [0.3, 0.4) is 0 Å². The van der Waals surface area contributed by atoms with Crippen molar-refractivity contribution >= 4 is 0 Å². The van der Waals surface area contributed by atoms with E-state index >= 15 is 0 Å². The van der Waals surface area contributed by atoms with E-state index < -0.39 is 0 Å². The predicted octanol–water partition coefficient (Wildman–Crippen LogP) is 2.62. The van der Waals surface area contributed by atoms with Crippen molar-refractivity contribution < 1.29 is 4.74 Å². The molecule has 0 saturated heterocycles. The van der Waals surface area contributed by atoms with E-state index in [4.69, 9.17) is 10.5 Å². The lowest BCUT2D eigenvalue weighted by Crippen LogP contribution is -2.36. The smallest absolute Gasteiger partial charge is 0.0745 e. The highest BCUT2D eigenvalue weighted by Gasteiger charge is 2.23. The van der Waals surface area contributed by atoms with Crippen molar-refractivity contribution in [1.29, 1.82) is 0 Å². The monoisotopic (exact) mass is 221 g/mol. The van der Waals surface area contributed by atoms with Crippen LogP contribution in [0.4, 0.5) is 0 Å². The molecule has 0 fully saturated rings. The molecule has 16 heavy (non-hydrogen) atoms. The van der Waals surface area contributed by atoms with E-state index in [-0.39, 0.29) is 11.5 Å². The summed E-state index contributed by atoms with van der Waals surface area (Å²) in [7, 11) is 0. The molecule has 1 rings (SSSR count). The second kappa shape index (κ2) is 6.02. The van der Waals surface area contributed by atoms with Crippen LogP contribution < -0.4 is 5.73 Å². The molecule has 2 heteroatoms. The fourth-order valence-corrected chi connectivity index (χ4v) is 1.64. The molecule has 90 valence electrons. The van der Waals surface area contributed by atoms with Crippen LogP contribution in [0.2, 0.25) is 0 Å². The predicted molar refractivity (Wildman–Crippen MR) is 68.4 cm³/mol. The van der Waals surface area contributed by atoms with Crippen molar-refractivity contribution in [3.05, 3.63) is 35.9 Å². The van der Waals surface area contributed by atoms with E-state index in [9.17, 15) is 0 Å². The summed E-state index contributed by atoms with van der Waals surface area (Å²) in [4.78, 5) is 0. The normalized spacial score (nSPS) is 13.8. The topological polar surface area (TPSA) is 35.2 Å². The van der Waals surface area contributed by atoms with Gasteiger partial charge in [-0.3, -0.25) is 0 Å². The number of ether oxygens (including phenoxy) is 1. The van der Waals surface area contributed by atoms with Crippen molar-refractivity contribution in [2.75, 3.05) is 13.2 Å². The van der Waals surface area contributed by atoms with E-state index in [1.165, 1.54) is 5.56 Å². The zero-order valence-electron chi connectivity index (χ0n) is 10.6. The maximum Gasteiger partial charge on any atom is 0.0745 e. The fraction of sp³-hybridized carbons (Fsp3) is 0.571. The fourth-order valence-electron chi connectivity index (χ4n) is 1.64. The van der Waals surface area contributed by atoms with Crippen molar-refractivity contribution in [1.82, 2.24) is 0 Å². The SMILES string of the molecule is CC(C)(C)C(CN)OCCc1ccccc1. The van der Waals surface area contributed by atoms with E-state index in [1.54, 1.807) is 0 Å². The largest absolute Gasteiger partial charge is 0.376 e. The summed E-state index contributed by atoms with van der Waals surface area (Å²) in [6, 6.07) is 10.4. The van der Waals surface area contributed by atoms with Gasteiger partial charge in [0.1, 0.15) is 0 Å². The van der Waals surface area contributed by atoms with Crippen LogP contribution in [-0.2, 0) is 11.2 Å². The number of nitrogens with two attached hydrogens (primary N) is 1. The number of hydrogen-bond acceptors (Lipinski definition) is 2. The summed E-state index contributed by atoms with van der Waals surface area (Å²) in [6.07, 6.45) is 1.09. The van der Waals surface area contributed by atoms with Crippen LogP contribution in [0, 0.1) is 5.41 Å². The molecule has 0 amide bonds. The Bertz CT molecular complexity index is 289. The first-order chi connectivity index (χ1) is 7.54. The standard InChI is InChI=1S/C14H23NO/c1-14(2,3)13(11-15)16-10-9-12-7-5-4-6-8-12/h4-8,13H,9-11,15H2,1-3H3. The highest BCUT2D eigenvalue weighted by Crippen LogP contribution is 2.21. The molecule has 0 aliphatic heterocycles. The van der Waals surface area contributed by atoms with Crippen molar-refractivity contribution in [3.8, 4) is 0 Å². The van der Waals surface area contributed by atoms with Gasteiger partial charge in [-0.15, -0.1) is 0 Å². The van der Waals surface area contributed by atoms with Gasteiger partial charge in [0.25, 0.3) is 0 Å². The number of hydrogen-bond donors (Lipinski definition) is 1. The summed E-state index contributed by atoms with van der Waals surface area (Å²) >= 11 is 0. The Morgan fingerprint density at radius 1 is 1.19 bits per heavy atom. The Labute approximate surface area is 98.8 Å². The zero-order valence-corrected chi connectivity index (χ0v) is 10.6. The van der Waals surface area contributed by atoms with Crippen LogP contribution in [0.5, 0.6) is 0 Å². The quantitative estimate of drug-likeness (QED) is 0.829. The molecule has 0 aromatic heterocycles. The van der Waals surface area contributed by atoms with Crippen LogP contribution in [0.1, 0.15) is 26.3 Å². The van der Waals surface area contributed by atoms with Crippen LogP contribution >= 0.6 is 0 Å². The van der Waals surface area contributed by atoms with Crippen LogP contribution in [0.15, 0.2) is 30.3 Å². The summed E-state index contributed by atoms with van der Waals surface area (Å²) < 4.78 is 5.83. The van der Waals surface area contributed by atoms with Gasteiger partial charge in [0.2, 0.25) is 0 Å². The maximum atomic E-state index is 5.83. The van der Waals surface area contributed by atoms with E-state index in [0.717, 1.165) is 13.0 Å². The van der Waals surface area contributed by atoms with Gasteiger partial charge in [-0.1, -0.05) is 51.1 Å². The molecule has 0 bridgehead atoms. The lowest BCUT2D eigenvalue weighted by atomic mass is 9.89. The second-order valence-electron chi connectivity index (χ2n) is 5.20. The van der Waals surface area contributed by atoms with Gasteiger partial charge < -0.3 is 10.5 Å². The minimum Gasteiger partial charge on any atom is -0.376 e. The summed E-state index contributed by atoms with van der Waals surface area (Å²) in [6.45, 7) is 7.80. The summed E-state index contributed by atoms with van der Waals surface area (Å²) in [5.41, 5.74) is 7.14. The molecule has 0 saturated carbocycles. The third-order valence-corrected chi connectivity index (χ3v) is 2.73. The summed E-state index contributed by atoms with van der Waals surface area (Å²) in [5, 5.41) is 0. The molecule has 0 aliphatic rings. The molecule has 2 N–H and O–H groups in total. The first-order valence-corrected chi connectivity index (χ1v) is 5.89. The van der Waals surface area contributed by atoms with Gasteiger partial charge in [0.15, 0.2) is 0 Å². The minimum atomic E-state index is 0.117. The third-order valence-electron chi connectivity index (χ3n) is 2.73. The van der Waals surface area contributed by atoms with E-state index in [1.807, 2.05) is 6.07 Å². The molecule has 1 aromatic carbocycles. The third kappa shape index (κ3) is 4.33. The lowest BCUT2D eigenvalue weighted by molar-refractivity contribution is -0.00972. The molecule has 0 radical (unpaired) electrons. The van der Waals surface area contributed by atoms with Gasteiger partial charge in [0.05, 0.1) is 12.7 Å². The van der Waals surface area contributed by atoms with Crippen LogP contribution in [-0.4, -0.2) is 19.3 Å². The van der Waals surface area contributed by atoms with Gasteiger partial charge in [-0.05, 0) is 17.4 Å². The Balaban J connectivity index is 2.35. The summed E-state index contributed by atoms with van der Waals surface area (Å²) in [5.74, 6) is 0. The number of benzene rings is 1. The van der Waals surface area contributed by atoms with Crippen molar-refractivity contribution in [3.63, 3.8) is 0 Å². The average molecular weight is 221 g/mol. The molecule has 0 spiro atoms. The minimum absolute atomic E-state index is 0.117. The Hall–Kier alpha value is -0.860. The average Bonchev–Trinajstić information content (AvgIpc) is 2.24. The maximum absolute atomic E-state index is 5.83. The number of rotatable bonds is 5. The van der Waals surface area contributed by atoms with E-state index in [2.05, 4.69) is 45.0 Å². The lowest BCUT2D eigenvalue weighted by Gasteiger charge is -2.29. The van der Waals surface area contributed by atoms with E-state index in [0.29, 0.717) is 6.54 Å². The second-order valence-corrected chi connectivity index (χ2v) is 5.20. The highest BCUT2D eigenvalue weighted by atomic mass is 16.5. The molecule has 2 nitrogen and oxygen atoms in total.